The number of hydrogen-bond acceptors (Lipinski definition) is 5. The molecule has 12 heteroatoms. The number of carboxylic acid groups (broad SMARTS) is 1. The number of hydrogen-bond donors (Lipinski definition) is 3. The van der Waals surface area contributed by atoms with Crippen LogP contribution >= 0.6 is 23.2 Å². The maximum Gasteiger partial charge on any atom is 0.322 e. The molecular formula is C21H26Cl2N4O5S. The smallest absolute Gasteiger partial charge is 0.322 e. The molecule has 9 nitrogen and oxygen atoms in total. The number of carboxylic acids is 1. The van der Waals surface area contributed by atoms with Gasteiger partial charge in [0.25, 0.3) is 16.1 Å². The van der Waals surface area contributed by atoms with E-state index in [9.17, 15) is 23.1 Å². The third kappa shape index (κ3) is 7.12. The lowest BCUT2D eigenvalue weighted by Crippen LogP contribution is -2.53. The number of anilines is 1. The van der Waals surface area contributed by atoms with Gasteiger partial charge in [0.1, 0.15) is 6.04 Å². The van der Waals surface area contributed by atoms with E-state index in [1.165, 1.54) is 16.7 Å². The Bertz CT molecular complexity index is 1080. The number of amides is 1. The molecule has 0 radical (unpaired) electrons. The standard InChI is InChI=1S/C21H26Cl2N4O5S/c1-12(2)27(13(3)4)33(31,32)26-18(21(29)30)9-14-5-7-15(8-6-14)25-20(28)19-16(22)10-24-11-17(19)23/h5-8,10-13,18,26H,9H2,1-4H3,(H,25,28)(H,29,30). The van der Waals surface area contributed by atoms with Crippen molar-refractivity contribution in [3.05, 3.63) is 57.8 Å². The number of pyridine rings is 1. The van der Waals surface area contributed by atoms with Crippen LogP contribution in [0.25, 0.3) is 0 Å². The molecule has 0 aliphatic rings. The van der Waals surface area contributed by atoms with Gasteiger partial charge in [0.2, 0.25) is 0 Å². The molecular weight excluding hydrogens is 491 g/mol. The number of carbonyl (C=O) groups is 2. The van der Waals surface area contributed by atoms with Gasteiger partial charge in [-0.05, 0) is 51.8 Å². The summed E-state index contributed by atoms with van der Waals surface area (Å²) in [5, 5.41) is 12.4. The second kappa shape index (κ2) is 11.3. The zero-order chi connectivity index (χ0) is 24.9. The molecule has 0 bridgehead atoms. The molecule has 1 aromatic carbocycles. The van der Waals surface area contributed by atoms with Crippen molar-refractivity contribution in [2.75, 3.05) is 5.32 Å². The van der Waals surface area contributed by atoms with Crippen molar-refractivity contribution in [3.63, 3.8) is 0 Å². The van der Waals surface area contributed by atoms with Crippen molar-refractivity contribution >= 4 is 51.0 Å². The van der Waals surface area contributed by atoms with Gasteiger partial charge in [-0.15, -0.1) is 0 Å². The third-order valence-corrected chi connectivity index (χ3v) is 7.17. The average Bonchev–Trinajstić information content (AvgIpc) is 2.67. The normalized spacial score (nSPS) is 12.9. The predicted octanol–water partition coefficient (Wildman–Crippen LogP) is 3.59. The Labute approximate surface area is 203 Å². The van der Waals surface area contributed by atoms with E-state index in [1.54, 1.807) is 52.0 Å². The number of nitrogens with one attached hydrogen (secondary N) is 2. The van der Waals surface area contributed by atoms with Gasteiger partial charge in [-0.25, -0.2) is 0 Å². The van der Waals surface area contributed by atoms with Crippen LogP contribution in [0, 0.1) is 0 Å². The van der Waals surface area contributed by atoms with E-state index < -0.39 is 28.1 Å². The zero-order valence-corrected chi connectivity index (χ0v) is 20.9. The molecule has 1 heterocycles. The van der Waals surface area contributed by atoms with Gasteiger partial charge < -0.3 is 10.4 Å². The highest BCUT2D eigenvalue weighted by atomic mass is 35.5. The fourth-order valence-electron chi connectivity index (χ4n) is 3.35. The van der Waals surface area contributed by atoms with E-state index in [1.807, 2.05) is 0 Å². The summed E-state index contributed by atoms with van der Waals surface area (Å²) in [4.78, 5) is 28.0. The van der Waals surface area contributed by atoms with Crippen LogP contribution in [0.5, 0.6) is 0 Å². The van der Waals surface area contributed by atoms with E-state index in [2.05, 4.69) is 15.0 Å². The minimum Gasteiger partial charge on any atom is -0.480 e. The molecule has 1 amide bonds. The van der Waals surface area contributed by atoms with Gasteiger partial charge in [-0.2, -0.15) is 17.4 Å². The highest BCUT2D eigenvalue weighted by molar-refractivity contribution is 7.87. The van der Waals surface area contributed by atoms with Crippen LogP contribution in [0.3, 0.4) is 0 Å². The lowest BCUT2D eigenvalue weighted by molar-refractivity contribution is -0.139. The van der Waals surface area contributed by atoms with E-state index >= 15 is 0 Å². The van der Waals surface area contributed by atoms with E-state index in [0.29, 0.717) is 11.3 Å². The monoisotopic (exact) mass is 516 g/mol. The van der Waals surface area contributed by atoms with Crippen LogP contribution < -0.4 is 10.0 Å². The van der Waals surface area contributed by atoms with Crippen LogP contribution in [0.1, 0.15) is 43.6 Å². The molecule has 0 aliphatic heterocycles. The Balaban J connectivity index is 2.14. The summed E-state index contributed by atoms with van der Waals surface area (Å²) in [6.45, 7) is 6.87. The minimum absolute atomic E-state index is 0.0811. The second-order valence-electron chi connectivity index (χ2n) is 7.86. The first kappa shape index (κ1) is 27.0. The summed E-state index contributed by atoms with van der Waals surface area (Å²) < 4.78 is 29.0. The van der Waals surface area contributed by atoms with E-state index in [-0.39, 0.29) is 34.1 Å². The number of nitrogens with zero attached hydrogens (tertiary/aromatic N) is 2. The molecule has 0 saturated carbocycles. The Kier molecular flexibility index (Phi) is 9.21. The molecule has 1 aromatic heterocycles. The SMILES string of the molecule is CC(C)N(C(C)C)S(=O)(=O)NC(Cc1ccc(NC(=O)c2c(Cl)cncc2Cl)cc1)C(=O)O. The van der Waals surface area contributed by atoms with Gasteiger partial charge >= 0.3 is 5.97 Å². The van der Waals surface area contributed by atoms with Crippen LogP contribution in [-0.2, 0) is 21.4 Å². The molecule has 0 saturated heterocycles. The lowest BCUT2D eigenvalue weighted by atomic mass is 10.1. The fraction of sp³-hybridized carbons (Fsp3) is 0.381. The first-order valence-corrected chi connectivity index (χ1v) is 12.3. The molecule has 0 spiro atoms. The van der Waals surface area contributed by atoms with Crippen molar-refractivity contribution in [2.24, 2.45) is 0 Å². The Morgan fingerprint density at radius 1 is 1.03 bits per heavy atom. The van der Waals surface area contributed by atoms with E-state index in [0.717, 1.165) is 0 Å². The van der Waals surface area contributed by atoms with Gasteiger partial charge in [-0.3, -0.25) is 14.6 Å². The number of carbonyl (C=O) groups excluding carboxylic acids is 1. The first-order valence-electron chi connectivity index (χ1n) is 10.1. The zero-order valence-electron chi connectivity index (χ0n) is 18.5. The summed E-state index contributed by atoms with van der Waals surface area (Å²) in [7, 11) is -4.03. The fourth-order valence-corrected chi connectivity index (χ4v) is 5.66. The van der Waals surface area contributed by atoms with Gasteiger partial charge in [0, 0.05) is 30.2 Å². The predicted molar refractivity (Wildman–Crippen MR) is 128 cm³/mol. The maximum absolute atomic E-state index is 12.8. The number of aromatic nitrogens is 1. The summed E-state index contributed by atoms with van der Waals surface area (Å²) in [5.41, 5.74) is 1.06. The Morgan fingerprint density at radius 2 is 1.55 bits per heavy atom. The summed E-state index contributed by atoms with van der Waals surface area (Å²) >= 11 is 12.0. The summed E-state index contributed by atoms with van der Waals surface area (Å²) in [6, 6.07) is 4.27. The van der Waals surface area contributed by atoms with Crippen molar-refractivity contribution in [1.29, 1.82) is 0 Å². The third-order valence-electron chi connectivity index (χ3n) is 4.62. The Hall–Kier alpha value is -2.24. The molecule has 3 N–H and O–H groups in total. The minimum atomic E-state index is -4.03. The molecule has 2 aromatic rings. The highest BCUT2D eigenvalue weighted by Gasteiger charge is 2.32. The van der Waals surface area contributed by atoms with Crippen molar-refractivity contribution in [2.45, 2.75) is 52.2 Å². The van der Waals surface area contributed by atoms with Crippen LogP contribution in [-0.4, -0.2) is 52.8 Å². The Morgan fingerprint density at radius 3 is 2.00 bits per heavy atom. The van der Waals surface area contributed by atoms with Gasteiger partial charge in [0.15, 0.2) is 0 Å². The second-order valence-corrected chi connectivity index (χ2v) is 10.3. The van der Waals surface area contributed by atoms with Crippen molar-refractivity contribution in [1.82, 2.24) is 14.0 Å². The molecule has 180 valence electrons. The van der Waals surface area contributed by atoms with Gasteiger partial charge in [-0.1, -0.05) is 35.3 Å². The maximum atomic E-state index is 12.8. The molecule has 33 heavy (non-hydrogen) atoms. The number of benzene rings is 1. The number of rotatable bonds is 10. The van der Waals surface area contributed by atoms with Crippen LogP contribution in [0.15, 0.2) is 36.7 Å². The van der Waals surface area contributed by atoms with Crippen molar-refractivity contribution in [3.8, 4) is 0 Å². The molecule has 2 rings (SSSR count). The summed E-state index contributed by atoms with van der Waals surface area (Å²) in [5.74, 6) is -1.83. The lowest BCUT2D eigenvalue weighted by Gasteiger charge is -2.30. The quantitative estimate of drug-likeness (QED) is 0.442. The first-order chi connectivity index (χ1) is 15.3. The topological polar surface area (TPSA) is 129 Å². The average molecular weight is 517 g/mol. The number of halogens is 2. The molecule has 1 unspecified atom stereocenters. The largest absolute Gasteiger partial charge is 0.480 e. The highest BCUT2D eigenvalue weighted by Crippen LogP contribution is 2.24. The van der Waals surface area contributed by atoms with Gasteiger partial charge in [0.05, 0.1) is 15.6 Å². The molecule has 0 aliphatic carbocycles. The van der Waals surface area contributed by atoms with Crippen LogP contribution in [0.2, 0.25) is 10.0 Å². The summed E-state index contributed by atoms with van der Waals surface area (Å²) in [6.07, 6.45) is 2.52. The number of aliphatic carboxylic acids is 1. The molecule has 0 fully saturated rings. The molecule has 1 atom stereocenters. The van der Waals surface area contributed by atoms with E-state index in [4.69, 9.17) is 23.2 Å². The van der Waals surface area contributed by atoms with Crippen LogP contribution in [0.4, 0.5) is 5.69 Å². The van der Waals surface area contributed by atoms with Crippen molar-refractivity contribution < 1.29 is 23.1 Å².